The minimum atomic E-state index is 0.829. The number of hydrogen-bond donors (Lipinski definition) is 1. The topological polar surface area (TPSA) is 12.0 Å². The summed E-state index contributed by atoms with van der Waals surface area (Å²) in [6.45, 7) is 11.5. The van der Waals surface area contributed by atoms with Crippen LogP contribution in [-0.2, 0) is 0 Å². The predicted molar refractivity (Wildman–Crippen MR) is 65.6 cm³/mol. The van der Waals surface area contributed by atoms with Crippen molar-refractivity contribution in [1.82, 2.24) is 5.32 Å². The standard InChI is InChI=1S/C13H29N/c1-5-7-8-9-10-13(12(3)4)11-14-6-2/h12-14H,5-11H2,1-4H3. The Morgan fingerprint density at radius 1 is 1.00 bits per heavy atom. The third-order valence-electron chi connectivity index (χ3n) is 3.03. The first-order valence-electron chi connectivity index (χ1n) is 6.43. The minimum absolute atomic E-state index is 0.829. The molecule has 0 aliphatic rings. The Balaban J connectivity index is 3.52. The van der Waals surface area contributed by atoms with Crippen molar-refractivity contribution in [2.45, 2.75) is 59.8 Å². The van der Waals surface area contributed by atoms with Gasteiger partial charge >= 0.3 is 0 Å². The molecule has 0 saturated heterocycles. The number of rotatable bonds is 9. The van der Waals surface area contributed by atoms with E-state index in [9.17, 15) is 0 Å². The number of hydrogen-bond acceptors (Lipinski definition) is 1. The van der Waals surface area contributed by atoms with Crippen LogP contribution < -0.4 is 5.32 Å². The van der Waals surface area contributed by atoms with Gasteiger partial charge in [0.2, 0.25) is 0 Å². The van der Waals surface area contributed by atoms with Crippen LogP contribution in [0.4, 0.5) is 0 Å². The van der Waals surface area contributed by atoms with Gasteiger partial charge in [0.15, 0.2) is 0 Å². The molecule has 0 fully saturated rings. The quantitative estimate of drug-likeness (QED) is 0.556. The van der Waals surface area contributed by atoms with Crippen molar-refractivity contribution in [3.63, 3.8) is 0 Å². The molecule has 0 amide bonds. The van der Waals surface area contributed by atoms with E-state index < -0.39 is 0 Å². The summed E-state index contributed by atoms with van der Waals surface area (Å²) in [5.41, 5.74) is 0. The van der Waals surface area contributed by atoms with Crippen LogP contribution in [0.1, 0.15) is 59.8 Å². The van der Waals surface area contributed by atoms with Gasteiger partial charge in [-0.15, -0.1) is 0 Å². The third kappa shape index (κ3) is 7.37. The Hall–Kier alpha value is -0.0400. The Morgan fingerprint density at radius 2 is 1.71 bits per heavy atom. The second-order valence-corrected chi connectivity index (χ2v) is 4.66. The SMILES string of the molecule is CCCCCCC(CNCC)C(C)C. The van der Waals surface area contributed by atoms with Gasteiger partial charge < -0.3 is 5.32 Å². The van der Waals surface area contributed by atoms with Crippen molar-refractivity contribution >= 4 is 0 Å². The highest BCUT2D eigenvalue weighted by atomic mass is 14.8. The van der Waals surface area contributed by atoms with Crippen molar-refractivity contribution < 1.29 is 0 Å². The summed E-state index contributed by atoms with van der Waals surface area (Å²) in [5, 5.41) is 3.47. The molecule has 1 heteroatoms. The molecule has 1 unspecified atom stereocenters. The van der Waals surface area contributed by atoms with Crippen molar-refractivity contribution in [3.8, 4) is 0 Å². The zero-order chi connectivity index (χ0) is 10.8. The molecule has 1 atom stereocenters. The van der Waals surface area contributed by atoms with Gasteiger partial charge in [-0.05, 0) is 31.3 Å². The van der Waals surface area contributed by atoms with E-state index >= 15 is 0 Å². The molecule has 0 saturated carbocycles. The highest BCUT2D eigenvalue weighted by Gasteiger charge is 2.11. The fourth-order valence-corrected chi connectivity index (χ4v) is 1.83. The van der Waals surface area contributed by atoms with Gasteiger partial charge in [0.25, 0.3) is 0 Å². The lowest BCUT2D eigenvalue weighted by Gasteiger charge is -2.20. The molecule has 0 radical (unpaired) electrons. The maximum atomic E-state index is 3.47. The summed E-state index contributed by atoms with van der Waals surface area (Å²) in [6.07, 6.45) is 7.00. The first kappa shape index (κ1) is 14.0. The van der Waals surface area contributed by atoms with Gasteiger partial charge in [-0.2, -0.15) is 0 Å². The summed E-state index contributed by atoms with van der Waals surface area (Å²) in [5.74, 6) is 1.71. The van der Waals surface area contributed by atoms with Crippen LogP contribution in [0.2, 0.25) is 0 Å². The van der Waals surface area contributed by atoms with E-state index in [-0.39, 0.29) is 0 Å². The molecule has 1 nitrogen and oxygen atoms in total. The lowest BCUT2D eigenvalue weighted by Crippen LogP contribution is -2.26. The Kier molecular flexibility index (Phi) is 9.49. The second kappa shape index (κ2) is 9.51. The van der Waals surface area contributed by atoms with Crippen LogP contribution in [0.25, 0.3) is 0 Å². The van der Waals surface area contributed by atoms with Crippen LogP contribution in [-0.4, -0.2) is 13.1 Å². The zero-order valence-electron chi connectivity index (χ0n) is 10.6. The average Bonchev–Trinajstić information content (AvgIpc) is 2.16. The monoisotopic (exact) mass is 199 g/mol. The van der Waals surface area contributed by atoms with E-state index in [2.05, 4.69) is 33.0 Å². The van der Waals surface area contributed by atoms with Crippen molar-refractivity contribution in [3.05, 3.63) is 0 Å². The van der Waals surface area contributed by atoms with Crippen molar-refractivity contribution in [2.24, 2.45) is 11.8 Å². The molecule has 0 spiro atoms. The lowest BCUT2D eigenvalue weighted by atomic mass is 9.90. The lowest BCUT2D eigenvalue weighted by molar-refractivity contribution is 0.331. The molecule has 0 bridgehead atoms. The van der Waals surface area contributed by atoms with Gasteiger partial charge in [-0.1, -0.05) is 53.4 Å². The van der Waals surface area contributed by atoms with Gasteiger partial charge in [0.05, 0.1) is 0 Å². The van der Waals surface area contributed by atoms with Gasteiger partial charge in [-0.3, -0.25) is 0 Å². The molecule has 0 rings (SSSR count). The van der Waals surface area contributed by atoms with Gasteiger partial charge in [0.1, 0.15) is 0 Å². The van der Waals surface area contributed by atoms with Crippen LogP contribution in [0.5, 0.6) is 0 Å². The molecular formula is C13H29N. The van der Waals surface area contributed by atoms with Crippen molar-refractivity contribution in [1.29, 1.82) is 0 Å². The third-order valence-corrected chi connectivity index (χ3v) is 3.03. The highest BCUT2D eigenvalue weighted by molar-refractivity contribution is 4.65. The van der Waals surface area contributed by atoms with E-state index in [0.29, 0.717) is 0 Å². The summed E-state index contributed by atoms with van der Waals surface area (Å²) in [4.78, 5) is 0. The van der Waals surface area contributed by atoms with Crippen LogP contribution in [0, 0.1) is 11.8 Å². The summed E-state index contributed by atoms with van der Waals surface area (Å²) in [6, 6.07) is 0. The Labute approximate surface area is 90.7 Å². The Bertz CT molecular complexity index is 110. The molecule has 0 aliphatic heterocycles. The van der Waals surface area contributed by atoms with Crippen molar-refractivity contribution in [2.75, 3.05) is 13.1 Å². The fourth-order valence-electron chi connectivity index (χ4n) is 1.83. The summed E-state index contributed by atoms with van der Waals surface area (Å²) in [7, 11) is 0. The van der Waals surface area contributed by atoms with E-state index in [0.717, 1.165) is 18.4 Å². The maximum Gasteiger partial charge on any atom is -0.00182 e. The highest BCUT2D eigenvalue weighted by Crippen LogP contribution is 2.18. The number of nitrogens with one attached hydrogen (secondary N) is 1. The average molecular weight is 199 g/mol. The molecular weight excluding hydrogens is 170 g/mol. The molecule has 14 heavy (non-hydrogen) atoms. The van der Waals surface area contributed by atoms with E-state index in [1.54, 1.807) is 0 Å². The molecule has 86 valence electrons. The van der Waals surface area contributed by atoms with Crippen LogP contribution in [0.15, 0.2) is 0 Å². The van der Waals surface area contributed by atoms with E-state index in [4.69, 9.17) is 0 Å². The first-order valence-corrected chi connectivity index (χ1v) is 6.43. The second-order valence-electron chi connectivity index (χ2n) is 4.66. The van der Waals surface area contributed by atoms with Gasteiger partial charge in [-0.25, -0.2) is 0 Å². The molecule has 0 aromatic rings. The fraction of sp³-hybridized carbons (Fsp3) is 1.00. The van der Waals surface area contributed by atoms with E-state index in [1.165, 1.54) is 38.6 Å². The largest absolute Gasteiger partial charge is 0.317 e. The summed E-state index contributed by atoms with van der Waals surface area (Å²) >= 11 is 0. The zero-order valence-corrected chi connectivity index (χ0v) is 10.6. The minimum Gasteiger partial charge on any atom is -0.317 e. The predicted octanol–water partition coefficient (Wildman–Crippen LogP) is 3.84. The Morgan fingerprint density at radius 3 is 2.21 bits per heavy atom. The normalized spacial score (nSPS) is 13.5. The molecule has 1 N–H and O–H groups in total. The van der Waals surface area contributed by atoms with Crippen LogP contribution in [0.3, 0.4) is 0 Å². The summed E-state index contributed by atoms with van der Waals surface area (Å²) < 4.78 is 0. The van der Waals surface area contributed by atoms with Gasteiger partial charge in [0, 0.05) is 0 Å². The van der Waals surface area contributed by atoms with E-state index in [1.807, 2.05) is 0 Å². The molecule has 0 aromatic carbocycles. The molecule has 0 aromatic heterocycles. The molecule has 0 heterocycles. The van der Waals surface area contributed by atoms with Crippen LogP contribution >= 0.6 is 0 Å². The smallest absolute Gasteiger partial charge is 0.00182 e. The number of unbranched alkanes of at least 4 members (excludes halogenated alkanes) is 3. The maximum absolute atomic E-state index is 3.47. The first-order chi connectivity index (χ1) is 6.72. The molecule has 0 aliphatic carbocycles.